The molecule has 0 bridgehead atoms. The van der Waals surface area contributed by atoms with Crippen LogP contribution in [0.1, 0.15) is 58.2 Å². The SMILES string of the molecule is Cc1cccc(C=Cc2nc3sccn3c2C(=O)Nc2ncc(C(F)(F)F)cc2Cl)c1C(C)C. The van der Waals surface area contributed by atoms with Crippen molar-refractivity contribution in [3.8, 4) is 0 Å². The van der Waals surface area contributed by atoms with Crippen molar-refractivity contribution < 1.29 is 18.0 Å². The number of rotatable bonds is 5. The number of aryl methyl sites for hydroxylation is 1. The average Bonchev–Trinajstić information content (AvgIpc) is 3.33. The van der Waals surface area contributed by atoms with Gasteiger partial charge in [0, 0.05) is 17.8 Å². The highest BCUT2D eigenvalue weighted by Crippen LogP contribution is 2.33. The van der Waals surface area contributed by atoms with Crippen molar-refractivity contribution in [2.75, 3.05) is 5.32 Å². The van der Waals surface area contributed by atoms with Crippen molar-refractivity contribution >= 4 is 51.8 Å². The molecule has 0 aliphatic heterocycles. The summed E-state index contributed by atoms with van der Waals surface area (Å²) in [5.74, 6) is -0.449. The van der Waals surface area contributed by atoms with E-state index in [0.29, 0.717) is 22.8 Å². The highest BCUT2D eigenvalue weighted by Gasteiger charge is 2.32. The Hall–Kier alpha value is -3.17. The molecule has 0 fully saturated rings. The number of fused-ring (bicyclic) bond motifs is 1. The van der Waals surface area contributed by atoms with E-state index in [2.05, 4.69) is 42.1 Å². The zero-order valence-electron chi connectivity index (χ0n) is 18.4. The molecular formula is C24H20ClF3N4OS. The summed E-state index contributed by atoms with van der Waals surface area (Å²) in [6, 6.07) is 6.76. The lowest BCUT2D eigenvalue weighted by Gasteiger charge is -2.13. The lowest BCUT2D eigenvalue weighted by molar-refractivity contribution is -0.137. The molecule has 1 N–H and O–H groups in total. The van der Waals surface area contributed by atoms with Gasteiger partial charge in [-0.3, -0.25) is 9.20 Å². The lowest BCUT2D eigenvalue weighted by atomic mass is 9.92. The number of pyridine rings is 1. The van der Waals surface area contributed by atoms with E-state index in [1.807, 2.05) is 18.2 Å². The molecule has 1 aromatic carbocycles. The number of alkyl halides is 3. The number of nitrogens with one attached hydrogen (secondary N) is 1. The van der Waals surface area contributed by atoms with E-state index in [9.17, 15) is 18.0 Å². The number of anilines is 1. The molecule has 0 unspecified atom stereocenters. The largest absolute Gasteiger partial charge is 0.417 e. The molecular weight excluding hydrogens is 485 g/mol. The van der Waals surface area contributed by atoms with Gasteiger partial charge >= 0.3 is 6.18 Å². The van der Waals surface area contributed by atoms with Crippen molar-refractivity contribution in [2.24, 2.45) is 0 Å². The third-order valence-electron chi connectivity index (χ3n) is 5.26. The molecule has 4 rings (SSSR count). The maximum atomic E-state index is 13.2. The third-order valence-corrected chi connectivity index (χ3v) is 6.31. The molecule has 10 heteroatoms. The smallest absolute Gasteiger partial charge is 0.304 e. The highest BCUT2D eigenvalue weighted by molar-refractivity contribution is 7.15. The second kappa shape index (κ2) is 9.23. The van der Waals surface area contributed by atoms with Crippen molar-refractivity contribution in [3.05, 3.63) is 80.7 Å². The first-order valence-corrected chi connectivity index (χ1v) is 11.6. The minimum absolute atomic E-state index is 0.166. The second-order valence-corrected chi connectivity index (χ2v) is 9.25. The normalized spacial score (nSPS) is 12.2. The Morgan fingerprint density at radius 2 is 2.03 bits per heavy atom. The molecule has 0 saturated heterocycles. The highest BCUT2D eigenvalue weighted by atomic mass is 35.5. The van der Waals surface area contributed by atoms with E-state index in [4.69, 9.17) is 11.6 Å². The minimum atomic E-state index is -4.59. The fourth-order valence-electron chi connectivity index (χ4n) is 3.80. The van der Waals surface area contributed by atoms with E-state index in [0.717, 1.165) is 11.6 Å². The van der Waals surface area contributed by atoms with Gasteiger partial charge in [-0.15, -0.1) is 11.3 Å². The summed E-state index contributed by atoms with van der Waals surface area (Å²) in [5.41, 5.74) is 3.04. The van der Waals surface area contributed by atoms with Crippen LogP contribution in [0.25, 0.3) is 17.1 Å². The maximum Gasteiger partial charge on any atom is 0.417 e. The number of nitrogens with zero attached hydrogens (tertiary/aromatic N) is 3. The minimum Gasteiger partial charge on any atom is -0.304 e. The van der Waals surface area contributed by atoms with Crippen LogP contribution >= 0.6 is 22.9 Å². The number of hydrogen-bond acceptors (Lipinski definition) is 4. The summed E-state index contributed by atoms with van der Waals surface area (Å²) < 4.78 is 40.3. The average molecular weight is 505 g/mol. The van der Waals surface area contributed by atoms with Gasteiger partial charge in [0.25, 0.3) is 5.91 Å². The monoisotopic (exact) mass is 504 g/mol. The predicted molar refractivity (Wildman–Crippen MR) is 129 cm³/mol. The number of hydrogen-bond donors (Lipinski definition) is 1. The van der Waals surface area contributed by atoms with E-state index < -0.39 is 17.6 Å². The number of imidazole rings is 1. The molecule has 176 valence electrons. The van der Waals surface area contributed by atoms with Crippen molar-refractivity contribution in [3.63, 3.8) is 0 Å². The Kier molecular flexibility index (Phi) is 6.51. The van der Waals surface area contributed by atoms with Crippen LogP contribution in [0.2, 0.25) is 5.02 Å². The first kappa shape index (κ1) is 24.0. The Morgan fingerprint density at radius 1 is 1.26 bits per heavy atom. The number of carbonyl (C=O) groups is 1. The predicted octanol–water partition coefficient (Wildman–Crippen LogP) is 7.32. The number of thiazole rings is 1. The Labute approximate surface area is 202 Å². The van der Waals surface area contributed by atoms with Crippen LogP contribution in [0.15, 0.2) is 42.0 Å². The Bertz CT molecular complexity index is 1410. The first-order valence-electron chi connectivity index (χ1n) is 10.3. The van der Waals surface area contributed by atoms with E-state index in [1.165, 1.54) is 22.5 Å². The van der Waals surface area contributed by atoms with Gasteiger partial charge in [-0.2, -0.15) is 13.2 Å². The molecule has 3 aromatic heterocycles. The number of carbonyl (C=O) groups excluding carboxylic acids is 1. The van der Waals surface area contributed by atoms with Gasteiger partial charge in [0.1, 0.15) is 5.69 Å². The molecule has 3 heterocycles. The van der Waals surface area contributed by atoms with E-state index in [-0.39, 0.29) is 16.5 Å². The number of aromatic nitrogens is 3. The van der Waals surface area contributed by atoms with Gasteiger partial charge in [-0.05, 0) is 41.7 Å². The first-order chi connectivity index (χ1) is 16.1. The molecule has 0 atom stereocenters. The summed E-state index contributed by atoms with van der Waals surface area (Å²) in [7, 11) is 0. The van der Waals surface area contributed by atoms with Crippen LogP contribution < -0.4 is 5.32 Å². The van der Waals surface area contributed by atoms with Crippen LogP contribution in [0.5, 0.6) is 0 Å². The molecule has 0 saturated carbocycles. The van der Waals surface area contributed by atoms with Gasteiger partial charge in [0.05, 0.1) is 16.3 Å². The summed E-state index contributed by atoms with van der Waals surface area (Å²) in [6.07, 6.45) is 1.42. The zero-order valence-corrected chi connectivity index (χ0v) is 20.0. The topological polar surface area (TPSA) is 59.3 Å². The van der Waals surface area contributed by atoms with Crippen LogP contribution in [0, 0.1) is 6.92 Å². The van der Waals surface area contributed by atoms with Crippen LogP contribution in [-0.4, -0.2) is 20.3 Å². The second-order valence-electron chi connectivity index (χ2n) is 7.97. The fraction of sp³-hybridized carbons (Fsp3) is 0.208. The Morgan fingerprint density at radius 3 is 2.71 bits per heavy atom. The summed E-state index contributed by atoms with van der Waals surface area (Å²) in [4.78, 5) is 22.0. The van der Waals surface area contributed by atoms with Crippen molar-refractivity contribution in [2.45, 2.75) is 32.9 Å². The third kappa shape index (κ3) is 4.71. The molecule has 0 radical (unpaired) electrons. The molecule has 5 nitrogen and oxygen atoms in total. The summed E-state index contributed by atoms with van der Waals surface area (Å²) in [6.45, 7) is 6.29. The van der Waals surface area contributed by atoms with Crippen LogP contribution in [0.3, 0.4) is 0 Å². The number of halogens is 4. The standard InChI is InChI=1S/C24H20ClF3N4OS/c1-13(2)19-14(3)5-4-6-15(19)7-8-18-20(32-9-10-34-23(32)30-18)22(33)31-21-17(25)11-16(12-29-21)24(26,27)28/h4-13H,1-3H3,(H,29,31,33). The lowest BCUT2D eigenvalue weighted by Crippen LogP contribution is -2.17. The Balaban J connectivity index is 1.70. The summed E-state index contributed by atoms with van der Waals surface area (Å²) >= 11 is 7.33. The van der Waals surface area contributed by atoms with E-state index in [1.54, 1.807) is 22.1 Å². The molecule has 1 amide bonds. The number of benzene rings is 1. The molecule has 0 spiro atoms. The molecule has 0 aliphatic rings. The summed E-state index contributed by atoms with van der Waals surface area (Å²) in [5, 5.41) is 3.98. The van der Waals surface area contributed by atoms with E-state index >= 15 is 0 Å². The van der Waals surface area contributed by atoms with Crippen LogP contribution in [0.4, 0.5) is 19.0 Å². The van der Waals surface area contributed by atoms with Gasteiger partial charge in [0.2, 0.25) is 0 Å². The maximum absolute atomic E-state index is 13.2. The van der Waals surface area contributed by atoms with Gasteiger partial charge in [-0.1, -0.05) is 49.7 Å². The quantitative estimate of drug-likeness (QED) is 0.310. The molecule has 34 heavy (non-hydrogen) atoms. The van der Waals surface area contributed by atoms with Gasteiger partial charge in [0.15, 0.2) is 10.8 Å². The molecule has 0 aliphatic carbocycles. The van der Waals surface area contributed by atoms with Crippen molar-refractivity contribution in [1.82, 2.24) is 14.4 Å². The number of amides is 1. The zero-order chi connectivity index (χ0) is 24.6. The fourth-order valence-corrected chi connectivity index (χ4v) is 4.74. The van der Waals surface area contributed by atoms with Crippen LogP contribution in [-0.2, 0) is 6.18 Å². The van der Waals surface area contributed by atoms with Gasteiger partial charge in [-0.25, -0.2) is 9.97 Å². The van der Waals surface area contributed by atoms with Crippen molar-refractivity contribution in [1.29, 1.82) is 0 Å². The van der Waals surface area contributed by atoms with Gasteiger partial charge < -0.3 is 5.32 Å². The molecule has 4 aromatic rings.